The molecule has 80 valence electrons. The lowest BCUT2D eigenvalue weighted by Crippen LogP contribution is -2.67. The summed E-state index contributed by atoms with van der Waals surface area (Å²) in [6.07, 6.45) is 0. The molecule has 0 aromatic carbocycles. The van der Waals surface area contributed by atoms with Crippen LogP contribution in [0.15, 0.2) is 0 Å². The van der Waals surface area contributed by atoms with E-state index in [1.165, 1.54) is 0 Å². The fraction of sp³-hybridized carbons (Fsp3) is 0.900. The first kappa shape index (κ1) is 9.93. The average molecular weight is 197 g/mol. The Labute approximate surface area is 85.0 Å². The molecule has 4 nitrogen and oxygen atoms in total. The number of piperazine rings is 2. The predicted octanol–water partition coefficient (Wildman–Crippen LogP) is -0.585. The molecule has 2 heterocycles. The highest BCUT2D eigenvalue weighted by molar-refractivity contribution is 5.83. The molecule has 2 fully saturated rings. The van der Waals surface area contributed by atoms with Crippen molar-refractivity contribution >= 4 is 5.91 Å². The maximum absolute atomic E-state index is 11.6. The maximum atomic E-state index is 11.6. The standard InChI is InChI=1S/C10H19N3O/c1-7(2)8-6-12-10(14)9-5-11-3-4-13(8)9/h7-9,11H,3-6H2,1-2H3,(H,12,14). The molecule has 2 atom stereocenters. The van der Waals surface area contributed by atoms with Crippen molar-refractivity contribution in [2.24, 2.45) is 5.92 Å². The van der Waals surface area contributed by atoms with Crippen molar-refractivity contribution in [3.05, 3.63) is 0 Å². The Morgan fingerprint density at radius 2 is 2.21 bits per heavy atom. The highest BCUT2D eigenvalue weighted by Gasteiger charge is 2.38. The number of rotatable bonds is 1. The van der Waals surface area contributed by atoms with E-state index in [4.69, 9.17) is 0 Å². The lowest BCUT2D eigenvalue weighted by molar-refractivity contribution is -0.132. The van der Waals surface area contributed by atoms with E-state index in [9.17, 15) is 4.79 Å². The molecule has 4 heteroatoms. The minimum Gasteiger partial charge on any atom is -0.353 e. The number of carbonyl (C=O) groups is 1. The van der Waals surface area contributed by atoms with Crippen LogP contribution in [0.2, 0.25) is 0 Å². The number of nitrogens with zero attached hydrogens (tertiary/aromatic N) is 1. The van der Waals surface area contributed by atoms with Gasteiger partial charge in [-0.15, -0.1) is 0 Å². The van der Waals surface area contributed by atoms with Crippen molar-refractivity contribution in [1.82, 2.24) is 15.5 Å². The smallest absolute Gasteiger partial charge is 0.238 e. The second-order valence-corrected chi connectivity index (χ2v) is 4.51. The van der Waals surface area contributed by atoms with Crippen molar-refractivity contribution in [3.8, 4) is 0 Å². The van der Waals surface area contributed by atoms with Crippen LogP contribution in [0, 0.1) is 5.92 Å². The number of carbonyl (C=O) groups excluding carboxylic acids is 1. The third-order valence-corrected chi connectivity index (χ3v) is 3.27. The van der Waals surface area contributed by atoms with Crippen LogP contribution in [0.5, 0.6) is 0 Å². The summed E-state index contributed by atoms with van der Waals surface area (Å²) in [5.41, 5.74) is 0. The average Bonchev–Trinajstić information content (AvgIpc) is 2.18. The minimum absolute atomic E-state index is 0.0601. The molecule has 0 spiro atoms. The fourth-order valence-electron chi connectivity index (χ4n) is 2.42. The normalized spacial score (nSPS) is 34.1. The molecule has 0 aromatic heterocycles. The third kappa shape index (κ3) is 1.64. The van der Waals surface area contributed by atoms with Gasteiger partial charge in [0.25, 0.3) is 0 Å². The fourth-order valence-corrected chi connectivity index (χ4v) is 2.42. The van der Waals surface area contributed by atoms with Crippen molar-refractivity contribution in [2.45, 2.75) is 25.9 Å². The van der Waals surface area contributed by atoms with E-state index in [2.05, 4.69) is 29.4 Å². The van der Waals surface area contributed by atoms with Crippen LogP contribution in [-0.2, 0) is 4.79 Å². The van der Waals surface area contributed by atoms with Gasteiger partial charge in [0.15, 0.2) is 0 Å². The molecule has 0 bridgehead atoms. The number of hydrogen-bond acceptors (Lipinski definition) is 3. The van der Waals surface area contributed by atoms with Gasteiger partial charge < -0.3 is 10.6 Å². The molecule has 14 heavy (non-hydrogen) atoms. The molecule has 2 rings (SSSR count). The Bertz CT molecular complexity index is 229. The summed E-state index contributed by atoms with van der Waals surface area (Å²) in [7, 11) is 0. The first-order valence-corrected chi connectivity index (χ1v) is 5.44. The highest BCUT2D eigenvalue weighted by Crippen LogP contribution is 2.18. The van der Waals surface area contributed by atoms with E-state index < -0.39 is 0 Å². The van der Waals surface area contributed by atoms with E-state index in [1.54, 1.807) is 0 Å². The Morgan fingerprint density at radius 1 is 1.43 bits per heavy atom. The van der Waals surface area contributed by atoms with Gasteiger partial charge in [-0.1, -0.05) is 13.8 Å². The largest absolute Gasteiger partial charge is 0.353 e. The van der Waals surface area contributed by atoms with Crippen LogP contribution in [0.1, 0.15) is 13.8 Å². The monoisotopic (exact) mass is 197 g/mol. The van der Waals surface area contributed by atoms with Gasteiger partial charge in [-0.2, -0.15) is 0 Å². The van der Waals surface area contributed by atoms with Gasteiger partial charge in [0.1, 0.15) is 6.04 Å². The SMILES string of the molecule is CC(C)C1CNC(=O)C2CNCCN21. The molecule has 2 aliphatic heterocycles. The molecule has 2 aliphatic rings. The number of hydrogen-bond donors (Lipinski definition) is 2. The van der Waals surface area contributed by atoms with Crippen molar-refractivity contribution in [3.63, 3.8) is 0 Å². The molecular weight excluding hydrogens is 178 g/mol. The van der Waals surface area contributed by atoms with E-state index >= 15 is 0 Å². The molecule has 0 aromatic rings. The van der Waals surface area contributed by atoms with Gasteiger partial charge in [-0.3, -0.25) is 9.69 Å². The van der Waals surface area contributed by atoms with E-state index in [1.807, 2.05) is 0 Å². The van der Waals surface area contributed by atoms with Crippen molar-refractivity contribution < 1.29 is 4.79 Å². The van der Waals surface area contributed by atoms with Gasteiger partial charge in [0.05, 0.1) is 0 Å². The van der Waals surface area contributed by atoms with Crippen LogP contribution in [-0.4, -0.2) is 49.1 Å². The second kappa shape index (κ2) is 3.87. The quantitative estimate of drug-likeness (QED) is 0.591. The summed E-state index contributed by atoms with van der Waals surface area (Å²) in [6, 6.07) is 0.574. The van der Waals surface area contributed by atoms with Crippen molar-refractivity contribution in [1.29, 1.82) is 0 Å². The number of amides is 1. The van der Waals surface area contributed by atoms with E-state index in [0.717, 1.165) is 26.2 Å². The van der Waals surface area contributed by atoms with Gasteiger partial charge in [0, 0.05) is 32.2 Å². The molecule has 0 saturated carbocycles. The highest BCUT2D eigenvalue weighted by atomic mass is 16.2. The van der Waals surface area contributed by atoms with Crippen LogP contribution in [0.4, 0.5) is 0 Å². The Kier molecular flexibility index (Phi) is 2.74. The summed E-state index contributed by atoms with van der Waals surface area (Å²) in [5, 5.41) is 6.26. The summed E-state index contributed by atoms with van der Waals surface area (Å²) in [6.45, 7) is 8.07. The Hall–Kier alpha value is -0.610. The molecular formula is C10H19N3O. The summed E-state index contributed by atoms with van der Waals surface area (Å²) in [5.74, 6) is 0.797. The van der Waals surface area contributed by atoms with E-state index in [-0.39, 0.29) is 11.9 Å². The second-order valence-electron chi connectivity index (χ2n) is 4.51. The summed E-state index contributed by atoms with van der Waals surface area (Å²) < 4.78 is 0. The maximum Gasteiger partial charge on any atom is 0.238 e. The lowest BCUT2D eigenvalue weighted by atomic mass is 9.96. The zero-order valence-electron chi connectivity index (χ0n) is 8.92. The summed E-state index contributed by atoms with van der Waals surface area (Å²) in [4.78, 5) is 14.0. The number of fused-ring (bicyclic) bond motifs is 1. The minimum atomic E-state index is 0.0601. The predicted molar refractivity (Wildman–Crippen MR) is 55.0 cm³/mol. The molecule has 0 radical (unpaired) electrons. The molecule has 2 N–H and O–H groups in total. The third-order valence-electron chi connectivity index (χ3n) is 3.27. The molecule has 0 aliphatic carbocycles. The summed E-state index contributed by atoms with van der Waals surface area (Å²) >= 11 is 0. The number of nitrogens with one attached hydrogen (secondary N) is 2. The van der Waals surface area contributed by atoms with Gasteiger partial charge in [-0.25, -0.2) is 0 Å². The van der Waals surface area contributed by atoms with Crippen LogP contribution >= 0.6 is 0 Å². The van der Waals surface area contributed by atoms with E-state index in [0.29, 0.717) is 12.0 Å². The van der Waals surface area contributed by atoms with Gasteiger partial charge in [-0.05, 0) is 5.92 Å². The van der Waals surface area contributed by atoms with Gasteiger partial charge >= 0.3 is 0 Å². The molecule has 2 unspecified atom stereocenters. The zero-order chi connectivity index (χ0) is 10.1. The topological polar surface area (TPSA) is 44.4 Å². The Balaban J connectivity index is 2.12. The van der Waals surface area contributed by atoms with Crippen LogP contribution in [0.25, 0.3) is 0 Å². The first-order chi connectivity index (χ1) is 6.70. The van der Waals surface area contributed by atoms with Gasteiger partial charge in [0.2, 0.25) is 5.91 Å². The molecule has 1 amide bonds. The first-order valence-electron chi connectivity index (χ1n) is 5.44. The lowest BCUT2D eigenvalue weighted by Gasteiger charge is -2.46. The zero-order valence-corrected chi connectivity index (χ0v) is 8.92. The van der Waals surface area contributed by atoms with Crippen LogP contribution < -0.4 is 10.6 Å². The van der Waals surface area contributed by atoms with Crippen LogP contribution in [0.3, 0.4) is 0 Å². The Morgan fingerprint density at radius 3 is 2.93 bits per heavy atom. The van der Waals surface area contributed by atoms with Crippen molar-refractivity contribution in [2.75, 3.05) is 26.2 Å². The molecule has 2 saturated heterocycles.